The lowest BCUT2D eigenvalue weighted by molar-refractivity contribution is -0.300. The van der Waals surface area contributed by atoms with Crippen LogP contribution in [0, 0.1) is 5.41 Å². The molecule has 0 N–H and O–H groups in total. The molecule has 1 aliphatic rings. The summed E-state index contributed by atoms with van der Waals surface area (Å²) >= 11 is 5.94. The van der Waals surface area contributed by atoms with Gasteiger partial charge in [-0.25, -0.2) is 12.7 Å². The molecule has 1 aliphatic heterocycles. The van der Waals surface area contributed by atoms with Gasteiger partial charge in [-0.1, -0.05) is 54.1 Å². The second kappa shape index (κ2) is 9.94. The summed E-state index contributed by atoms with van der Waals surface area (Å²) in [6, 6.07) is 15.5. The smallest absolute Gasteiger partial charge is 0.218 e. The van der Waals surface area contributed by atoms with Gasteiger partial charge in [-0.05, 0) is 42.5 Å². The summed E-state index contributed by atoms with van der Waals surface area (Å²) in [5, 5.41) is 11.4. The average Bonchev–Trinajstić information content (AvgIpc) is 2.76. The van der Waals surface area contributed by atoms with Crippen molar-refractivity contribution in [1.82, 2.24) is 4.31 Å². The number of benzene rings is 2. The molecule has 9 heteroatoms. The quantitative estimate of drug-likeness (QED) is 0.403. The Hall–Kier alpha value is -2.55. The molecule has 0 unspecified atom stereocenters. The summed E-state index contributed by atoms with van der Waals surface area (Å²) in [7, 11) is -3.74. The maximum atomic E-state index is 13.2. The van der Waals surface area contributed by atoms with E-state index in [1.807, 2.05) is 0 Å². The highest BCUT2D eigenvalue weighted by atomic mass is 35.5. The van der Waals surface area contributed by atoms with Crippen LogP contribution >= 0.6 is 11.6 Å². The van der Waals surface area contributed by atoms with E-state index in [1.54, 1.807) is 54.6 Å². The monoisotopic (exact) mass is 476 g/mol. The molecule has 0 amide bonds. The fourth-order valence-electron chi connectivity index (χ4n) is 4.07. The van der Waals surface area contributed by atoms with Crippen molar-refractivity contribution < 1.29 is 27.9 Å². The molecule has 0 spiro atoms. The van der Waals surface area contributed by atoms with Crippen LogP contribution in [0.1, 0.15) is 30.4 Å². The van der Waals surface area contributed by atoms with Gasteiger partial charge in [0.1, 0.15) is 11.8 Å². The van der Waals surface area contributed by atoms with Gasteiger partial charge in [0.05, 0.1) is 12.2 Å². The minimum absolute atomic E-state index is 0.121. The Morgan fingerprint density at radius 2 is 1.66 bits per heavy atom. The van der Waals surface area contributed by atoms with E-state index >= 15 is 0 Å². The third-order valence-corrected chi connectivity index (χ3v) is 7.77. The van der Waals surface area contributed by atoms with Crippen LogP contribution in [0.15, 0.2) is 54.6 Å². The predicted molar refractivity (Wildman–Crippen MR) is 117 cm³/mol. The lowest BCUT2D eigenvalue weighted by atomic mass is 9.71. The van der Waals surface area contributed by atoms with Crippen molar-refractivity contribution in [2.24, 2.45) is 5.41 Å². The first kappa shape index (κ1) is 24.1. The molecule has 0 aromatic heterocycles. The predicted octanol–water partition coefficient (Wildman–Crippen LogP) is 1.77. The number of aliphatic carboxylic acids is 1. The summed E-state index contributed by atoms with van der Waals surface area (Å²) < 4.78 is 27.5. The van der Waals surface area contributed by atoms with E-state index in [0.717, 1.165) is 5.56 Å². The number of sulfonamides is 1. The number of halogens is 1. The molecule has 32 heavy (non-hydrogen) atoms. The van der Waals surface area contributed by atoms with Crippen molar-refractivity contribution >= 4 is 39.2 Å². The van der Waals surface area contributed by atoms with Crippen molar-refractivity contribution in [2.75, 3.05) is 13.1 Å². The molecule has 7 nitrogen and oxygen atoms in total. The van der Waals surface area contributed by atoms with E-state index in [4.69, 9.17) is 11.6 Å². The third kappa shape index (κ3) is 5.82. The number of carboxylic acids is 1. The molecule has 0 bridgehead atoms. The van der Waals surface area contributed by atoms with E-state index in [2.05, 4.69) is 0 Å². The van der Waals surface area contributed by atoms with Gasteiger partial charge < -0.3 is 9.90 Å². The molecule has 170 valence electrons. The number of carbonyl (C=O) groups excluding carboxylic acids is 3. The number of nitrogens with zero attached hydrogens (tertiary/aromatic N) is 1. The standard InChI is InChI=1S/C23H24ClNO6S/c24-19-9-7-17(8-10-19)14-23(21(27)13-20(26)22(28)29)11-4-12-25(16-23)32(30,31)15-18-5-2-1-3-6-18/h1-3,5-10H,4,11-16H2,(H,28,29)/p-1/t23-/m0/s1. The van der Waals surface area contributed by atoms with E-state index < -0.39 is 39.4 Å². The van der Waals surface area contributed by atoms with Crippen LogP contribution in [-0.4, -0.2) is 43.3 Å². The molecule has 1 atom stereocenters. The maximum Gasteiger partial charge on any atom is 0.218 e. The average molecular weight is 477 g/mol. The van der Waals surface area contributed by atoms with Crippen molar-refractivity contribution in [2.45, 2.75) is 31.4 Å². The highest BCUT2D eigenvalue weighted by molar-refractivity contribution is 7.88. The van der Waals surface area contributed by atoms with Crippen LogP contribution in [0.4, 0.5) is 0 Å². The van der Waals surface area contributed by atoms with Crippen LogP contribution < -0.4 is 5.11 Å². The number of rotatable bonds is 9. The van der Waals surface area contributed by atoms with Crippen molar-refractivity contribution in [3.8, 4) is 0 Å². The van der Waals surface area contributed by atoms with Crippen molar-refractivity contribution in [3.63, 3.8) is 0 Å². The second-order valence-electron chi connectivity index (χ2n) is 8.07. The minimum Gasteiger partial charge on any atom is -0.542 e. The zero-order valence-corrected chi connectivity index (χ0v) is 18.9. The number of carboxylic acid groups (broad SMARTS) is 1. The molecule has 1 saturated heterocycles. The molecule has 1 fully saturated rings. The van der Waals surface area contributed by atoms with E-state index in [1.165, 1.54) is 4.31 Å². The number of hydrogen-bond acceptors (Lipinski definition) is 6. The number of ketones is 2. The Morgan fingerprint density at radius 3 is 2.28 bits per heavy atom. The molecule has 2 aromatic carbocycles. The normalized spacial score (nSPS) is 19.4. The van der Waals surface area contributed by atoms with E-state index in [9.17, 15) is 27.9 Å². The summed E-state index contributed by atoms with van der Waals surface area (Å²) in [4.78, 5) is 35.8. The van der Waals surface area contributed by atoms with Gasteiger partial charge in [-0.15, -0.1) is 0 Å². The maximum absolute atomic E-state index is 13.2. The van der Waals surface area contributed by atoms with Gasteiger partial charge in [-0.3, -0.25) is 9.59 Å². The highest BCUT2D eigenvalue weighted by Crippen LogP contribution is 2.37. The molecular formula is C23H23ClNO6S-. The number of piperidine rings is 1. The molecule has 0 aliphatic carbocycles. The Labute approximate surface area is 192 Å². The zero-order valence-electron chi connectivity index (χ0n) is 17.3. The Balaban J connectivity index is 1.90. The minimum atomic E-state index is -3.74. The molecule has 3 rings (SSSR count). The van der Waals surface area contributed by atoms with Crippen LogP contribution in [0.3, 0.4) is 0 Å². The van der Waals surface area contributed by atoms with Crippen LogP contribution in [0.25, 0.3) is 0 Å². The summed E-state index contributed by atoms with van der Waals surface area (Å²) in [6.45, 7) is 0.128. The number of carbonyl (C=O) groups is 3. The van der Waals surface area contributed by atoms with Gasteiger partial charge >= 0.3 is 0 Å². The Bertz CT molecular complexity index is 1100. The van der Waals surface area contributed by atoms with E-state index in [0.29, 0.717) is 23.4 Å². The lowest BCUT2D eigenvalue weighted by Crippen LogP contribution is -2.52. The van der Waals surface area contributed by atoms with Gasteiger partial charge in [0, 0.05) is 23.5 Å². The van der Waals surface area contributed by atoms with Crippen LogP contribution in [0.2, 0.25) is 5.02 Å². The highest BCUT2D eigenvalue weighted by Gasteiger charge is 2.45. The van der Waals surface area contributed by atoms with Gasteiger partial charge in [0.15, 0.2) is 5.78 Å². The Kier molecular flexibility index (Phi) is 7.48. The summed E-state index contributed by atoms with van der Waals surface area (Å²) in [5.74, 6) is -4.04. The largest absolute Gasteiger partial charge is 0.542 e. The molecular weight excluding hydrogens is 454 g/mol. The van der Waals surface area contributed by atoms with Crippen LogP contribution in [0.5, 0.6) is 0 Å². The Morgan fingerprint density at radius 1 is 1.00 bits per heavy atom. The zero-order chi connectivity index (χ0) is 23.4. The summed E-state index contributed by atoms with van der Waals surface area (Å²) in [5.41, 5.74) is 0.145. The first-order valence-corrected chi connectivity index (χ1v) is 12.1. The van der Waals surface area contributed by atoms with Crippen molar-refractivity contribution in [1.29, 1.82) is 0 Å². The topological polar surface area (TPSA) is 112 Å². The molecule has 2 aromatic rings. The van der Waals surface area contributed by atoms with Gasteiger partial charge in [0.2, 0.25) is 10.0 Å². The third-order valence-electron chi connectivity index (χ3n) is 5.72. The second-order valence-corrected chi connectivity index (χ2v) is 10.5. The number of hydrogen-bond donors (Lipinski definition) is 0. The van der Waals surface area contributed by atoms with E-state index in [-0.39, 0.29) is 25.3 Å². The SMILES string of the molecule is O=C([O-])C(=O)CC(=O)[C@]1(Cc2ccc(Cl)cc2)CCCN(S(=O)(=O)Cc2ccccc2)C1. The van der Waals surface area contributed by atoms with Gasteiger partial charge in [0.25, 0.3) is 0 Å². The van der Waals surface area contributed by atoms with Crippen molar-refractivity contribution in [3.05, 3.63) is 70.7 Å². The van der Waals surface area contributed by atoms with Crippen LogP contribution in [-0.2, 0) is 36.6 Å². The van der Waals surface area contributed by atoms with Gasteiger partial charge in [-0.2, -0.15) is 0 Å². The molecule has 0 saturated carbocycles. The first-order valence-electron chi connectivity index (χ1n) is 10.1. The number of Topliss-reactive ketones (excluding diaryl/α,β-unsaturated/α-hetero) is 2. The first-order chi connectivity index (χ1) is 15.1. The summed E-state index contributed by atoms with van der Waals surface area (Å²) in [6.07, 6.45) is 0.0855. The molecule has 0 radical (unpaired) electrons. The lowest BCUT2D eigenvalue weighted by Gasteiger charge is -2.41. The fourth-order valence-corrected chi connectivity index (χ4v) is 5.85. The molecule has 1 heterocycles. The fraction of sp³-hybridized carbons (Fsp3) is 0.348.